The van der Waals surface area contributed by atoms with E-state index in [4.69, 9.17) is 9.85 Å². The van der Waals surface area contributed by atoms with Gasteiger partial charge >= 0.3 is 0 Å². The van der Waals surface area contributed by atoms with Crippen LogP contribution >= 0.6 is 0 Å². The van der Waals surface area contributed by atoms with Gasteiger partial charge in [-0.3, -0.25) is 0 Å². The average molecular weight is 189 g/mol. The lowest BCUT2D eigenvalue weighted by molar-refractivity contribution is 0.180. The van der Waals surface area contributed by atoms with E-state index in [2.05, 4.69) is 9.72 Å². The van der Waals surface area contributed by atoms with E-state index in [-0.39, 0.29) is 17.9 Å². The molecule has 0 fully saturated rings. The molecule has 1 atom stereocenters. The van der Waals surface area contributed by atoms with Crippen molar-refractivity contribution in [1.29, 1.82) is 0 Å². The van der Waals surface area contributed by atoms with Gasteiger partial charge < -0.3 is 15.6 Å². The number of hydrogen-bond acceptors (Lipinski definition) is 4. The van der Waals surface area contributed by atoms with Gasteiger partial charge in [-0.25, -0.2) is 4.98 Å². The van der Waals surface area contributed by atoms with Crippen LogP contribution in [0.2, 0.25) is 0 Å². The van der Waals surface area contributed by atoms with Crippen molar-refractivity contribution < 1.29 is 18.3 Å². The van der Waals surface area contributed by atoms with Crippen molar-refractivity contribution in [2.24, 2.45) is 5.73 Å². The number of aliphatic hydroxyl groups is 1. The van der Waals surface area contributed by atoms with Gasteiger partial charge in [0.15, 0.2) is 0 Å². The highest BCUT2D eigenvalue weighted by Crippen LogP contribution is 2.19. The number of pyridine rings is 1. The highest BCUT2D eigenvalue weighted by Gasteiger charge is 2.13. The van der Waals surface area contributed by atoms with Crippen LogP contribution in [0.4, 0.5) is 4.39 Å². The molecular weight excluding hydrogens is 175 g/mol. The molecule has 0 spiro atoms. The summed E-state index contributed by atoms with van der Waals surface area (Å²) in [5.41, 5.74) is 4.96. The van der Waals surface area contributed by atoms with E-state index < -0.39 is 19.1 Å². The minimum absolute atomic E-state index is 0.149. The van der Waals surface area contributed by atoms with Crippen LogP contribution in [-0.4, -0.2) is 23.7 Å². The Hall–Kier alpha value is -1.20. The van der Waals surface area contributed by atoms with Crippen molar-refractivity contribution >= 4 is 0 Å². The molecule has 1 unspecified atom stereocenters. The summed E-state index contributed by atoms with van der Waals surface area (Å²) in [5, 5.41) is 9.33. The molecule has 0 aromatic carbocycles. The Bertz CT molecular complexity index is 373. The Kier molecular flexibility index (Phi) is 2.01. The van der Waals surface area contributed by atoms with Crippen LogP contribution in [0.15, 0.2) is 12.3 Å². The zero-order valence-electron chi connectivity index (χ0n) is 9.70. The van der Waals surface area contributed by atoms with E-state index >= 15 is 0 Å². The smallest absolute Gasteiger partial charge is 0.218 e. The summed E-state index contributed by atoms with van der Waals surface area (Å²) in [4.78, 5) is 3.28. The summed E-state index contributed by atoms with van der Waals surface area (Å²) in [6, 6.07) is 1.06. The lowest BCUT2D eigenvalue weighted by Crippen LogP contribution is -2.13. The van der Waals surface area contributed by atoms with Gasteiger partial charge in [-0.1, -0.05) is 0 Å². The third kappa shape index (κ3) is 2.13. The number of hydrogen-bond donors (Lipinski definition) is 2. The molecule has 1 aromatic heterocycles. The summed E-state index contributed by atoms with van der Waals surface area (Å²) in [6.07, 6.45) is -0.318. The van der Waals surface area contributed by atoms with E-state index in [1.807, 2.05) is 0 Å². The van der Waals surface area contributed by atoms with Crippen LogP contribution < -0.4 is 10.5 Å². The maximum Gasteiger partial charge on any atom is 0.218 e. The highest BCUT2D eigenvalue weighted by molar-refractivity contribution is 5.26. The summed E-state index contributed by atoms with van der Waals surface area (Å²) < 4.78 is 38.2. The van der Waals surface area contributed by atoms with Gasteiger partial charge in [-0.05, 0) is 6.07 Å². The monoisotopic (exact) mass is 189 g/mol. The summed E-state index contributed by atoms with van der Waals surface area (Å²) >= 11 is 0. The largest absolute Gasteiger partial charge is 0.495 e. The Balaban J connectivity index is 2.98. The fraction of sp³-hybridized carbons (Fsp3) is 0.375. The molecule has 0 aliphatic carbocycles. The lowest BCUT2D eigenvalue weighted by Gasteiger charge is -2.09. The Morgan fingerprint density at radius 3 is 3.31 bits per heavy atom. The summed E-state index contributed by atoms with van der Waals surface area (Å²) in [6.45, 7) is -0.199. The number of nitrogens with two attached hydrogens (primary N) is 1. The van der Waals surface area contributed by atoms with Gasteiger partial charge in [0.05, 0.1) is 23.5 Å². The number of methoxy groups -OCH3 is 1. The quantitative estimate of drug-likeness (QED) is 0.667. The second kappa shape index (κ2) is 4.15. The number of nitrogens with zero attached hydrogens (tertiary/aromatic N) is 1. The van der Waals surface area contributed by atoms with Gasteiger partial charge in [0.25, 0.3) is 0 Å². The molecule has 4 nitrogen and oxygen atoms in total. The van der Waals surface area contributed by atoms with Crippen molar-refractivity contribution in [3.05, 3.63) is 23.8 Å². The number of ether oxygens (including phenoxy) is 1. The normalized spacial score (nSPS) is 17.0. The van der Waals surface area contributed by atoms with E-state index in [0.29, 0.717) is 0 Å². The zero-order valence-corrected chi connectivity index (χ0v) is 6.70. The highest BCUT2D eigenvalue weighted by atomic mass is 19.1. The van der Waals surface area contributed by atoms with Crippen LogP contribution in [0.3, 0.4) is 0 Å². The van der Waals surface area contributed by atoms with E-state index in [0.717, 1.165) is 12.3 Å². The molecular formula is C8H11FN2O2. The predicted octanol–water partition coefficient (Wildman–Crippen LogP) is 0.221. The topological polar surface area (TPSA) is 68.4 Å². The van der Waals surface area contributed by atoms with E-state index in [1.54, 1.807) is 0 Å². The summed E-state index contributed by atoms with van der Waals surface area (Å²) in [7, 11) is -2.65. The molecule has 0 aliphatic heterocycles. The molecule has 5 heteroatoms. The number of aliphatic hydroxyl groups excluding tert-OH is 1. The first kappa shape index (κ1) is 6.28. The SMILES string of the molecule is [2H]C([2H])([2H])Oc1cnc(F)c(C(O)CN)c1. The van der Waals surface area contributed by atoms with Crippen LogP contribution in [0.25, 0.3) is 0 Å². The first-order valence-electron chi connectivity index (χ1n) is 5.06. The molecule has 1 heterocycles. The minimum atomic E-state index is -2.65. The van der Waals surface area contributed by atoms with Crippen LogP contribution in [0.5, 0.6) is 5.75 Å². The lowest BCUT2D eigenvalue weighted by atomic mass is 10.1. The molecule has 0 aliphatic rings. The van der Waals surface area contributed by atoms with Gasteiger partial charge in [-0.2, -0.15) is 4.39 Å². The molecule has 13 heavy (non-hydrogen) atoms. The first-order valence-corrected chi connectivity index (χ1v) is 3.56. The Morgan fingerprint density at radius 1 is 1.92 bits per heavy atom. The van der Waals surface area contributed by atoms with Crippen molar-refractivity contribution in [2.45, 2.75) is 6.10 Å². The second-order valence-electron chi connectivity index (χ2n) is 2.40. The van der Waals surface area contributed by atoms with Crippen LogP contribution in [0, 0.1) is 5.95 Å². The molecule has 1 aromatic rings. The Labute approximate surface area is 79.4 Å². The average Bonchev–Trinajstić information content (AvgIpc) is 2.18. The molecule has 0 radical (unpaired) electrons. The fourth-order valence-corrected chi connectivity index (χ4v) is 0.861. The molecule has 0 saturated carbocycles. The van der Waals surface area contributed by atoms with Crippen molar-refractivity contribution in [2.75, 3.05) is 13.6 Å². The van der Waals surface area contributed by atoms with Gasteiger partial charge in [0.2, 0.25) is 5.95 Å². The van der Waals surface area contributed by atoms with E-state index in [1.165, 1.54) is 0 Å². The van der Waals surface area contributed by atoms with Crippen molar-refractivity contribution in [3.8, 4) is 5.75 Å². The second-order valence-corrected chi connectivity index (χ2v) is 2.40. The Morgan fingerprint density at radius 2 is 2.69 bits per heavy atom. The molecule has 1 rings (SSSR count). The fourth-order valence-electron chi connectivity index (χ4n) is 0.861. The first-order chi connectivity index (χ1) is 7.33. The number of rotatable bonds is 3. The standard InChI is InChI=1S/C8H11FN2O2/c1-13-5-2-6(7(12)3-10)8(9)11-4-5/h2,4,7,12H,3,10H2,1H3/i1D3. The molecule has 0 bridgehead atoms. The van der Waals surface area contributed by atoms with Gasteiger partial charge in [0, 0.05) is 12.1 Å². The zero-order chi connectivity index (χ0) is 12.3. The van der Waals surface area contributed by atoms with Crippen LogP contribution in [0.1, 0.15) is 15.8 Å². The number of aromatic nitrogens is 1. The van der Waals surface area contributed by atoms with Crippen molar-refractivity contribution in [3.63, 3.8) is 0 Å². The third-order valence-corrected chi connectivity index (χ3v) is 1.54. The molecule has 3 N–H and O–H groups in total. The van der Waals surface area contributed by atoms with Crippen LogP contribution in [-0.2, 0) is 0 Å². The minimum Gasteiger partial charge on any atom is -0.495 e. The third-order valence-electron chi connectivity index (χ3n) is 1.54. The van der Waals surface area contributed by atoms with Gasteiger partial charge in [0.1, 0.15) is 5.75 Å². The molecule has 72 valence electrons. The summed E-state index contributed by atoms with van der Waals surface area (Å²) in [5.74, 6) is -1.06. The predicted molar refractivity (Wildman–Crippen MR) is 44.8 cm³/mol. The van der Waals surface area contributed by atoms with Crippen molar-refractivity contribution in [1.82, 2.24) is 4.98 Å². The molecule has 0 amide bonds. The van der Waals surface area contributed by atoms with Gasteiger partial charge in [-0.15, -0.1) is 0 Å². The molecule has 0 saturated heterocycles. The maximum atomic E-state index is 13.1. The number of halogens is 1. The maximum absolute atomic E-state index is 13.1. The van der Waals surface area contributed by atoms with E-state index in [9.17, 15) is 9.50 Å².